The molecule has 158 valence electrons. The van der Waals surface area contributed by atoms with Crippen LogP contribution < -0.4 is 9.80 Å². The molecule has 0 spiro atoms. The summed E-state index contributed by atoms with van der Waals surface area (Å²) in [6.07, 6.45) is -3.04. The predicted octanol–water partition coefficient (Wildman–Crippen LogP) is 3.79. The third-order valence-corrected chi connectivity index (χ3v) is 5.58. The zero-order valence-electron chi connectivity index (χ0n) is 16.4. The van der Waals surface area contributed by atoms with Gasteiger partial charge in [-0.2, -0.15) is 13.2 Å². The smallest absolute Gasteiger partial charge is 0.368 e. The fraction of sp³-hybridized carbons (Fsp3) is 0.364. The van der Waals surface area contributed by atoms with E-state index in [-0.39, 0.29) is 11.8 Å². The van der Waals surface area contributed by atoms with Gasteiger partial charge < -0.3 is 14.7 Å². The Labute approximate surface area is 172 Å². The summed E-state index contributed by atoms with van der Waals surface area (Å²) in [5, 5.41) is 0. The Morgan fingerprint density at radius 2 is 1.57 bits per heavy atom. The van der Waals surface area contributed by atoms with Crippen molar-refractivity contribution in [2.45, 2.75) is 19.0 Å². The Kier molecular flexibility index (Phi) is 5.40. The van der Waals surface area contributed by atoms with Crippen molar-refractivity contribution in [3.05, 3.63) is 59.7 Å². The number of benzene rings is 2. The third-order valence-electron chi connectivity index (χ3n) is 5.58. The summed E-state index contributed by atoms with van der Waals surface area (Å²) in [4.78, 5) is 30.2. The van der Waals surface area contributed by atoms with Gasteiger partial charge in [0.25, 0.3) is 5.91 Å². The van der Waals surface area contributed by atoms with E-state index in [0.717, 1.165) is 24.2 Å². The van der Waals surface area contributed by atoms with Gasteiger partial charge in [0, 0.05) is 56.1 Å². The minimum atomic E-state index is -4.38. The molecule has 0 N–H and O–H groups in total. The van der Waals surface area contributed by atoms with Crippen LogP contribution in [-0.4, -0.2) is 49.4 Å². The topological polar surface area (TPSA) is 43.9 Å². The lowest BCUT2D eigenvalue weighted by Gasteiger charge is -2.36. The third kappa shape index (κ3) is 4.13. The van der Waals surface area contributed by atoms with E-state index in [4.69, 9.17) is 0 Å². The van der Waals surface area contributed by atoms with E-state index in [1.54, 1.807) is 34.1 Å². The van der Waals surface area contributed by atoms with Crippen molar-refractivity contribution in [3.8, 4) is 0 Å². The van der Waals surface area contributed by atoms with E-state index in [2.05, 4.69) is 0 Å². The summed E-state index contributed by atoms with van der Waals surface area (Å²) in [6, 6.07) is 12.3. The highest BCUT2D eigenvalue weighted by Crippen LogP contribution is 2.32. The standard InChI is InChI=1S/C22H22F3N3O2/c23-22(24,25)17-5-2-6-18(15-17)26-10-12-27(13-11-26)21(30)16-4-1-7-19(14-16)28-9-3-8-20(28)29/h1-2,4-7,14-15H,3,8-13H2. The zero-order valence-corrected chi connectivity index (χ0v) is 16.4. The van der Waals surface area contributed by atoms with Gasteiger partial charge >= 0.3 is 6.18 Å². The van der Waals surface area contributed by atoms with Crippen LogP contribution in [0.25, 0.3) is 0 Å². The Bertz CT molecular complexity index is 953. The van der Waals surface area contributed by atoms with Gasteiger partial charge in [0.1, 0.15) is 0 Å². The summed E-state index contributed by atoms with van der Waals surface area (Å²) in [5.41, 5.74) is 1.07. The summed E-state index contributed by atoms with van der Waals surface area (Å²) >= 11 is 0. The summed E-state index contributed by atoms with van der Waals surface area (Å²) in [7, 11) is 0. The number of rotatable bonds is 3. The normalized spacial score (nSPS) is 17.6. The zero-order chi connectivity index (χ0) is 21.3. The van der Waals surface area contributed by atoms with Crippen molar-refractivity contribution in [2.75, 3.05) is 42.5 Å². The first-order chi connectivity index (χ1) is 14.3. The molecular formula is C22H22F3N3O2. The van der Waals surface area contributed by atoms with Gasteiger partial charge in [-0.05, 0) is 42.8 Å². The molecule has 2 aromatic rings. The number of piperazine rings is 1. The molecule has 0 unspecified atom stereocenters. The van der Waals surface area contributed by atoms with Crippen LogP contribution in [0.1, 0.15) is 28.8 Å². The van der Waals surface area contributed by atoms with E-state index >= 15 is 0 Å². The number of nitrogens with zero attached hydrogens (tertiary/aromatic N) is 3. The molecule has 2 aliphatic heterocycles. The number of halogens is 3. The molecule has 2 fully saturated rings. The maximum atomic E-state index is 13.0. The molecule has 0 aliphatic carbocycles. The highest BCUT2D eigenvalue weighted by molar-refractivity contribution is 5.99. The maximum Gasteiger partial charge on any atom is 0.416 e. The van der Waals surface area contributed by atoms with E-state index in [9.17, 15) is 22.8 Å². The Balaban J connectivity index is 1.42. The van der Waals surface area contributed by atoms with E-state index < -0.39 is 11.7 Å². The second-order valence-corrected chi connectivity index (χ2v) is 7.53. The van der Waals surface area contributed by atoms with Crippen molar-refractivity contribution in [3.63, 3.8) is 0 Å². The molecule has 4 rings (SSSR count). The molecule has 0 saturated carbocycles. The molecule has 0 radical (unpaired) electrons. The average Bonchev–Trinajstić information content (AvgIpc) is 3.19. The molecule has 8 heteroatoms. The van der Waals surface area contributed by atoms with E-state index in [1.807, 2.05) is 11.0 Å². The average molecular weight is 417 g/mol. The van der Waals surface area contributed by atoms with E-state index in [1.165, 1.54) is 6.07 Å². The van der Waals surface area contributed by atoms with Gasteiger partial charge in [-0.1, -0.05) is 12.1 Å². The quantitative estimate of drug-likeness (QED) is 0.763. The Hall–Kier alpha value is -3.03. The van der Waals surface area contributed by atoms with Crippen LogP contribution in [0, 0.1) is 0 Å². The lowest BCUT2D eigenvalue weighted by Crippen LogP contribution is -2.48. The van der Waals surface area contributed by atoms with Gasteiger partial charge in [0.15, 0.2) is 0 Å². The minimum absolute atomic E-state index is 0.0642. The highest BCUT2D eigenvalue weighted by atomic mass is 19.4. The largest absolute Gasteiger partial charge is 0.416 e. The number of carbonyl (C=O) groups excluding carboxylic acids is 2. The minimum Gasteiger partial charge on any atom is -0.368 e. The van der Waals surface area contributed by atoms with Crippen LogP contribution in [0.4, 0.5) is 24.5 Å². The lowest BCUT2D eigenvalue weighted by atomic mass is 10.1. The van der Waals surface area contributed by atoms with Crippen LogP contribution in [0.5, 0.6) is 0 Å². The summed E-state index contributed by atoms with van der Waals surface area (Å²) < 4.78 is 38.9. The van der Waals surface area contributed by atoms with Crippen molar-refractivity contribution < 1.29 is 22.8 Å². The number of anilines is 2. The Morgan fingerprint density at radius 1 is 0.867 bits per heavy atom. The van der Waals surface area contributed by atoms with Crippen molar-refractivity contribution in [2.24, 2.45) is 0 Å². The highest BCUT2D eigenvalue weighted by Gasteiger charge is 2.31. The summed E-state index contributed by atoms with van der Waals surface area (Å²) in [6.45, 7) is 2.41. The van der Waals surface area contributed by atoms with Gasteiger partial charge in [-0.15, -0.1) is 0 Å². The molecule has 2 amide bonds. The number of amides is 2. The maximum absolute atomic E-state index is 13.0. The van der Waals surface area contributed by atoms with Crippen molar-refractivity contribution in [1.29, 1.82) is 0 Å². The first-order valence-electron chi connectivity index (χ1n) is 9.95. The number of hydrogen-bond acceptors (Lipinski definition) is 3. The van der Waals surface area contributed by atoms with Crippen LogP contribution in [0.3, 0.4) is 0 Å². The molecule has 30 heavy (non-hydrogen) atoms. The SMILES string of the molecule is O=C(c1cccc(N2CCCC2=O)c1)N1CCN(c2cccc(C(F)(F)F)c2)CC1. The monoisotopic (exact) mass is 417 g/mol. The lowest BCUT2D eigenvalue weighted by molar-refractivity contribution is -0.137. The molecule has 0 aromatic heterocycles. The molecule has 2 saturated heterocycles. The van der Waals surface area contributed by atoms with Crippen LogP contribution in [-0.2, 0) is 11.0 Å². The van der Waals surface area contributed by atoms with Crippen LogP contribution >= 0.6 is 0 Å². The van der Waals surface area contributed by atoms with Gasteiger partial charge in [-0.3, -0.25) is 9.59 Å². The second-order valence-electron chi connectivity index (χ2n) is 7.53. The van der Waals surface area contributed by atoms with Gasteiger partial charge in [0.2, 0.25) is 5.91 Å². The van der Waals surface area contributed by atoms with Crippen molar-refractivity contribution in [1.82, 2.24) is 4.90 Å². The molecule has 5 nitrogen and oxygen atoms in total. The fourth-order valence-electron chi connectivity index (χ4n) is 3.96. The molecule has 0 bridgehead atoms. The van der Waals surface area contributed by atoms with Gasteiger partial charge in [0.05, 0.1) is 5.56 Å². The van der Waals surface area contributed by atoms with Crippen LogP contribution in [0.15, 0.2) is 48.5 Å². The molecule has 2 heterocycles. The molecule has 2 aliphatic rings. The fourth-order valence-corrected chi connectivity index (χ4v) is 3.96. The molecular weight excluding hydrogens is 395 g/mol. The molecule has 0 atom stereocenters. The van der Waals surface area contributed by atoms with Crippen LogP contribution in [0.2, 0.25) is 0 Å². The first-order valence-corrected chi connectivity index (χ1v) is 9.95. The summed E-state index contributed by atoms with van der Waals surface area (Å²) in [5.74, 6) is -0.0681. The first kappa shape index (κ1) is 20.3. The predicted molar refractivity (Wildman–Crippen MR) is 108 cm³/mol. The number of carbonyl (C=O) groups is 2. The molecule has 2 aromatic carbocycles. The number of alkyl halides is 3. The van der Waals surface area contributed by atoms with E-state index in [0.29, 0.717) is 50.4 Å². The van der Waals surface area contributed by atoms with Crippen molar-refractivity contribution >= 4 is 23.2 Å². The number of hydrogen-bond donors (Lipinski definition) is 0. The second kappa shape index (κ2) is 8.01. The Morgan fingerprint density at radius 3 is 2.23 bits per heavy atom. The van der Waals surface area contributed by atoms with Gasteiger partial charge in [-0.25, -0.2) is 0 Å².